The van der Waals surface area contributed by atoms with Gasteiger partial charge in [-0.2, -0.15) is 0 Å². The van der Waals surface area contributed by atoms with Gasteiger partial charge in [-0.3, -0.25) is 4.72 Å². The van der Waals surface area contributed by atoms with Gasteiger partial charge >= 0.3 is 0 Å². The van der Waals surface area contributed by atoms with Gasteiger partial charge in [0.2, 0.25) is 0 Å². The summed E-state index contributed by atoms with van der Waals surface area (Å²) in [7, 11) is -1.64. The monoisotopic (exact) mass is 473 g/mol. The maximum absolute atomic E-state index is 13.2. The Balaban J connectivity index is 1.32. The van der Waals surface area contributed by atoms with Gasteiger partial charge < -0.3 is 4.57 Å². The lowest BCUT2D eigenvalue weighted by atomic mass is 9.84. The van der Waals surface area contributed by atoms with E-state index in [1.165, 1.54) is 37.7 Å². The van der Waals surface area contributed by atoms with E-state index < -0.39 is 10.0 Å². The van der Waals surface area contributed by atoms with Crippen LogP contribution in [0.5, 0.6) is 0 Å². The molecule has 0 radical (unpaired) electrons. The lowest BCUT2D eigenvalue weighted by Gasteiger charge is -2.22. The van der Waals surface area contributed by atoms with Crippen LogP contribution in [0.25, 0.3) is 11.0 Å². The van der Waals surface area contributed by atoms with Gasteiger partial charge in [-0.25, -0.2) is 13.4 Å². The van der Waals surface area contributed by atoms with Crippen molar-refractivity contribution in [3.63, 3.8) is 0 Å². The number of sulfonamides is 1. The van der Waals surface area contributed by atoms with Crippen molar-refractivity contribution in [2.45, 2.75) is 55.8 Å². The van der Waals surface area contributed by atoms with Crippen molar-refractivity contribution < 1.29 is 8.42 Å². The van der Waals surface area contributed by atoms with Crippen molar-refractivity contribution in [1.82, 2.24) is 9.55 Å². The molecule has 176 valence electrons. The van der Waals surface area contributed by atoms with E-state index in [0.29, 0.717) is 22.9 Å². The van der Waals surface area contributed by atoms with Crippen LogP contribution < -0.4 is 4.72 Å². The molecule has 3 aromatic carbocycles. The van der Waals surface area contributed by atoms with E-state index in [1.54, 1.807) is 12.1 Å². The highest BCUT2D eigenvalue weighted by Gasteiger charge is 2.19. The number of anilines is 1. The summed E-state index contributed by atoms with van der Waals surface area (Å²) in [6.07, 6.45) is 7.64. The number of benzene rings is 3. The van der Waals surface area contributed by atoms with E-state index in [-0.39, 0.29) is 0 Å². The Kier molecular flexibility index (Phi) is 6.42. The Morgan fingerprint density at radius 3 is 2.35 bits per heavy atom. The number of para-hydroxylation sites is 3. The van der Waals surface area contributed by atoms with Gasteiger partial charge in [0.25, 0.3) is 10.0 Å². The Hall–Kier alpha value is -3.12. The van der Waals surface area contributed by atoms with Crippen LogP contribution >= 0.6 is 0 Å². The Morgan fingerprint density at radius 2 is 1.59 bits per heavy atom. The highest BCUT2D eigenvalue weighted by Crippen LogP contribution is 2.33. The molecule has 0 unspecified atom stereocenters. The molecule has 0 aliphatic heterocycles. The van der Waals surface area contributed by atoms with Crippen molar-refractivity contribution in [3.05, 3.63) is 89.7 Å². The number of nitrogens with one attached hydrogen (secondary N) is 1. The molecule has 1 heterocycles. The first kappa shape index (κ1) is 22.7. The largest absolute Gasteiger partial charge is 0.331 e. The third-order valence-electron chi connectivity index (χ3n) is 7.03. The molecule has 0 atom stereocenters. The smallest absolute Gasteiger partial charge is 0.261 e. The third-order valence-corrected chi connectivity index (χ3v) is 8.41. The molecule has 34 heavy (non-hydrogen) atoms. The zero-order valence-corrected chi connectivity index (χ0v) is 20.4. The first-order valence-corrected chi connectivity index (χ1v) is 13.6. The number of nitrogens with zero attached hydrogens (tertiary/aromatic N) is 2. The molecular formula is C28H31N3O2S. The number of hydrogen-bond donors (Lipinski definition) is 1. The summed E-state index contributed by atoms with van der Waals surface area (Å²) in [6.45, 7) is 0. The molecule has 1 saturated carbocycles. The molecule has 1 fully saturated rings. The molecule has 0 spiro atoms. The van der Waals surface area contributed by atoms with Crippen LogP contribution in [0, 0.1) is 0 Å². The molecule has 6 heteroatoms. The van der Waals surface area contributed by atoms with Crippen molar-refractivity contribution in [2.75, 3.05) is 4.72 Å². The SMILES string of the molecule is Cn1c(CCc2ccccc2NS(=O)(=O)c2ccc(C3CCCCC3)cc2)nc2ccccc21. The van der Waals surface area contributed by atoms with Gasteiger partial charge in [-0.05, 0) is 66.6 Å². The van der Waals surface area contributed by atoms with E-state index in [0.717, 1.165) is 28.8 Å². The fourth-order valence-corrected chi connectivity index (χ4v) is 6.16. The highest BCUT2D eigenvalue weighted by molar-refractivity contribution is 7.92. The van der Waals surface area contributed by atoms with Crippen LogP contribution in [0.1, 0.15) is 55.0 Å². The standard InChI is InChI=1S/C28H31N3O2S/c1-31-27-14-8-7-13-26(27)29-28(31)20-17-23-11-5-6-12-25(23)30-34(32,33)24-18-15-22(16-19-24)21-9-3-2-4-10-21/h5-8,11-16,18-19,21,30H,2-4,9-10,17,20H2,1H3. The molecule has 0 bridgehead atoms. The van der Waals surface area contributed by atoms with Gasteiger partial charge in [0.1, 0.15) is 5.82 Å². The molecule has 5 nitrogen and oxygen atoms in total. The zero-order valence-electron chi connectivity index (χ0n) is 19.6. The van der Waals surface area contributed by atoms with Crippen LogP contribution in [0.4, 0.5) is 5.69 Å². The first-order chi connectivity index (χ1) is 16.5. The number of rotatable bonds is 7. The zero-order chi connectivity index (χ0) is 23.5. The minimum Gasteiger partial charge on any atom is -0.331 e. The Morgan fingerprint density at radius 1 is 0.882 bits per heavy atom. The summed E-state index contributed by atoms with van der Waals surface area (Å²) >= 11 is 0. The average molecular weight is 474 g/mol. The van der Waals surface area contributed by atoms with Gasteiger partial charge in [0.05, 0.1) is 21.6 Å². The quantitative estimate of drug-likeness (QED) is 0.347. The van der Waals surface area contributed by atoms with Crippen molar-refractivity contribution in [2.24, 2.45) is 7.05 Å². The first-order valence-electron chi connectivity index (χ1n) is 12.1. The topological polar surface area (TPSA) is 64.0 Å². The normalized spacial score (nSPS) is 15.0. The summed E-state index contributed by atoms with van der Waals surface area (Å²) in [4.78, 5) is 5.05. The second-order valence-electron chi connectivity index (χ2n) is 9.24. The van der Waals surface area contributed by atoms with Crippen LogP contribution in [0.2, 0.25) is 0 Å². The van der Waals surface area contributed by atoms with Crippen LogP contribution in [-0.2, 0) is 29.9 Å². The minimum absolute atomic E-state index is 0.303. The molecule has 0 saturated heterocycles. The number of fused-ring (bicyclic) bond motifs is 1. The van der Waals surface area contributed by atoms with Gasteiger partial charge in [-0.15, -0.1) is 0 Å². The second-order valence-corrected chi connectivity index (χ2v) is 10.9. The second kappa shape index (κ2) is 9.63. The summed E-state index contributed by atoms with van der Waals surface area (Å²) < 4.78 is 31.3. The average Bonchev–Trinajstić information content (AvgIpc) is 3.19. The molecule has 0 amide bonds. The highest BCUT2D eigenvalue weighted by atomic mass is 32.2. The van der Waals surface area contributed by atoms with Crippen molar-refractivity contribution in [3.8, 4) is 0 Å². The lowest BCUT2D eigenvalue weighted by Crippen LogP contribution is -2.15. The Labute approximate surface area is 201 Å². The van der Waals surface area contributed by atoms with E-state index in [2.05, 4.69) is 15.4 Å². The molecule has 1 N–H and O–H groups in total. The molecule has 1 aliphatic rings. The van der Waals surface area contributed by atoms with E-state index >= 15 is 0 Å². The van der Waals surface area contributed by atoms with Crippen LogP contribution in [0.3, 0.4) is 0 Å². The number of aryl methyl sites for hydroxylation is 3. The van der Waals surface area contributed by atoms with Crippen LogP contribution in [-0.4, -0.2) is 18.0 Å². The molecule has 5 rings (SSSR count). The molecule has 1 aliphatic carbocycles. The van der Waals surface area contributed by atoms with Gasteiger partial charge in [0.15, 0.2) is 0 Å². The van der Waals surface area contributed by atoms with E-state index in [4.69, 9.17) is 4.98 Å². The van der Waals surface area contributed by atoms with Crippen molar-refractivity contribution >= 4 is 26.7 Å². The number of aromatic nitrogens is 2. The predicted octanol–water partition coefficient (Wildman–Crippen LogP) is 6.21. The maximum Gasteiger partial charge on any atom is 0.261 e. The summed E-state index contributed by atoms with van der Waals surface area (Å²) in [5.74, 6) is 1.54. The summed E-state index contributed by atoms with van der Waals surface area (Å²) in [5.41, 5.74) is 4.91. The maximum atomic E-state index is 13.2. The molecule has 4 aromatic rings. The number of imidazole rings is 1. The van der Waals surface area contributed by atoms with E-state index in [9.17, 15) is 8.42 Å². The van der Waals surface area contributed by atoms with Crippen molar-refractivity contribution in [1.29, 1.82) is 0 Å². The summed E-state index contributed by atoms with van der Waals surface area (Å²) in [5, 5.41) is 0. The molecule has 1 aromatic heterocycles. The summed E-state index contributed by atoms with van der Waals surface area (Å²) in [6, 6.07) is 23.2. The van der Waals surface area contributed by atoms with E-state index in [1.807, 2.05) is 61.6 Å². The predicted molar refractivity (Wildman–Crippen MR) is 138 cm³/mol. The fourth-order valence-electron chi connectivity index (χ4n) is 5.06. The van der Waals surface area contributed by atoms with Gasteiger partial charge in [0, 0.05) is 13.5 Å². The number of hydrogen-bond acceptors (Lipinski definition) is 3. The molecular weight excluding hydrogens is 442 g/mol. The third kappa shape index (κ3) is 4.73. The fraction of sp³-hybridized carbons (Fsp3) is 0.321. The minimum atomic E-state index is -3.67. The van der Waals surface area contributed by atoms with Gasteiger partial charge in [-0.1, -0.05) is 61.7 Å². The van der Waals surface area contributed by atoms with Crippen LogP contribution in [0.15, 0.2) is 77.7 Å². The Bertz CT molecular complexity index is 1380. The lowest BCUT2D eigenvalue weighted by molar-refractivity contribution is 0.443.